The van der Waals surface area contributed by atoms with Gasteiger partial charge in [0, 0.05) is 11.5 Å². The summed E-state index contributed by atoms with van der Waals surface area (Å²) in [6, 6.07) is 7.48. The van der Waals surface area contributed by atoms with Crippen molar-refractivity contribution in [3.8, 4) is 17.9 Å². The summed E-state index contributed by atoms with van der Waals surface area (Å²) in [5.74, 6) is 8.06. The first kappa shape index (κ1) is 15.9. The van der Waals surface area contributed by atoms with E-state index >= 15 is 0 Å². The minimum absolute atomic E-state index is 0.493. The highest BCUT2D eigenvalue weighted by Crippen LogP contribution is 2.31. The molecule has 0 bridgehead atoms. The summed E-state index contributed by atoms with van der Waals surface area (Å²) in [5.41, 5.74) is 1.42. The highest BCUT2D eigenvalue weighted by Gasteiger charge is 2.19. The molecule has 110 valence electrons. The number of halogens is 1. The number of hydrogen-bond donors (Lipinski definition) is 0. The molecular formula is C19H22ClN. The summed E-state index contributed by atoms with van der Waals surface area (Å²) in [5, 5.41) is 9.35. The van der Waals surface area contributed by atoms with E-state index in [9.17, 15) is 0 Å². The second-order valence-corrected chi connectivity index (χ2v) is 6.34. The van der Waals surface area contributed by atoms with Crippen molar-refractivity contribution in [3.05, 3.63) is 34.3 Å². The largest absolute Gasteiger partial charge is 0.192 e. The molecule has 2 heteroatoms. The zero-order valence-electron chi connectivity index (χ0n) is 12.7. The molecule has 1 fully saturated rings. The maximum absolute atomic E-state index is 8.86. The lowest BCUT2D eigenvalue weighted by molar-refractivity contribution is 0.296. The van der Waals surface area contributed by atoms with Gasteiger partial charge in [-0.2, -0.15) is 5.26 Å². The Balaban J connectivity index is 1.89. The Morgan fingerprint density at radius 3 is 2.62 bits per heavy atom. The van der Waals surface area contributed by atoms with Gasteiger partial charge in [0.15, 0.2) is 0 Å². The van der Waals surface area contributed by atoms with E-state index in [-0.39, 0.29) is 0 Å². The van der Waals surface area contributed by atoms with Gasteiger partial charge in [-0.05, 0) is 49.8 Å². The van der Waals surface area contributed by atoms with E-state index in [4.69, 9.17) is 16.9 Å². The summed E-state index contributed by atoms with van der Waals surface area (Å²) in [6.07, 6.45) is 9.17. The molecule has 0 radical (unpaired) electrons. The Morgan fingerprint density at radius 1 is 1.24 bits per heavy atom. The molecule has 0 amide bonds. The standard InChI is InChI=1S/C19H22ClN/c1-2-3-4-15-5-7-16(8-6-15)9-10-17-11-12-18(14-21)19(20)13-17/h11-13,15-16H,2-8H2,1H3/t15-,16-. The molecule has 1 aliphatic rings. The highest BCUT2D eigenvalue weighted by molar-refractivity contribution is 6.31. The van der Waals surface area contributed by atoms with Crippen LogP contribution in [-0.2, 0) is 0 Å². The average molecular weight is 300 g/mol. The molecule has 0 aliphatic heterocycles. The average Bonchev–Trinajstić information content (AvgIpc) is 2.52. The van der Waals surface area contributed by atoms with Crippen LogP contribution in [-0.4, -0.2) is 0 Å². The fourth-order valence-corrected chi connectivity index (χ4v) is 3.18. The van der Waals surface area contributed by atoms with E-state index in [0.717, 1.165) is 11.5 Å². The van der Waals surface area contributed by atoms with Gasteiger partial charge < -0.3 is 0 Å². The molecule has 0 heterocycles. The van der Waals surface area contributed by atoms with Gasteiger partial charge in [0.05, 0.1) is 10.6 Å². The van der Waals surface area contributed by atoms with Crippen LogP contribution in [0.1, 0.15) is 63.0 Å². The molecular weight excluding hydrogens is 278 g/mol. The zero-order valence-corrected chi connectivity index (χ0v) is 13.4. The molecule has 0 atom stereocenters. The molecule has 0 saturated heterocycles. The normalized spacial score (nSPS) is 21.2. The molecule has 1 nitrogen and oxygen atoms in total. The summed E-state index contributed by atoms with van der Waals surface area (Å²) < 4.78 is 0. The van der Waals surface area contributed by atoms with Crippen LogP contribution >= 0.6 is 11.6 Å². The summed E-state index contributed by atoms with van der Waals surface area (Å²) in [7, 11) is 0. The van der Waals surface area contributed by atoms with E-state index in [2.05, 4.69) is 24.8 Å². The molecule has 0 N–H and O–H groups in total. The van der Waals surface area contributed by atoms with Crippen molar-refractivity contribution < 1.29 is 0 Å². The van der Waals surface area contributed by atoms with Gasteiger partial charge >= 0.3 is 0 Å². The Hall–Kier alpha value is -1.44. The van der Waals surface area contributed by atoms with Gasteiger partial charge in [-0.1, -0.05) is 49.6 Å². The van der Waals surface area contributed by atoms with E-state index in [1.807, 2.05) is 6.07 Å². The van der Waals surface area contributed by atoms with Gasteiger partial charge in [0.1, 0.15) is 6.07 Å². The summed E-state index contributed by atoms with van der Waals surface area (Å²) >= 11 is 6.03. The van der Waals surface area contributed by atoms with Crippen molar-refractivity contribution in [3.63, 3.8) is 0 Å². The van der Waals surface area contributed by atoms with E-state index in [1.165, 1.54) is 44.9 Å². The number of hydrogen-bond acceptors (Lipinski definition) is 1. The SMILES string of the molecule is CCCC[C@H]1CC[C@H](C#Cc2ccc(C#N)c(Cl)c2)CC1. The van der Waals surface area contributed by atoms with Gasteiger partial charge in [0.2, 0.25) is 0 Å². The topological polar surface area (TPSA) is 23.8 Å². The molecule has 1 aliphatic carbocycles. The van der Waals surface area contributed by atoms with Gasteiger partial charge in [-0.15, -0.1) is 0 Å². The first-order chi connectivity index (χ1) is 10.2. The number of unbranched alkanes of at least 4 members (excludes halogenated alkanes) is 1. The second-order valence-electron chi connectivity index (χ2n) is 5.94. The lowest BCUT2D eigenvalue weighted by Gasteiger charge is -2.25. The van der Waals surface area contributed by atoms with Gasteiger partial charge in [-0.25, -0.2) is 0 Å². The van der Waals surface area contributed by atoms with Crippen molar-refractivity contribution >= 4 is 11.6 Å². The molecule has 1 aromatic carbocycles. The van der Waals surface area contributed by atoms with E-state index in [1.54, 1.807) is 12.1 Å². The zero-order chi connectivity index (χ0) is 15.1. The second kappa shape index (κ2) is 8.11. The summed E-state index contributed by atoms with van der Waals surface area (Å²) in [6.45, 7) is 2.26. The molecule has 1 aromatic rings. The molecule has 0 spiro atoms. The smallest absolute Gasteiger partial charge is 0.101 e. The van der Waals surface area contributed by atoms with Crippen LogP contribution in [0.4, 0.5) is 0 Å². The van der Waals surface area contributed by atoms with Gasteiger partial charge in [-0.3, -0.25) is 0 Å². The van der Waals surface area contributed by atoms with Crippen LogP contribution in [0.5, 0.6) is 0 Å². The monoisotopic (exact) mass is 299 g/mol. The quantitative estimate of drug-likeness (QED) is 0.670. The maximum atomic E-state index is 8.86. The Labute approximate surface area is 133 Å². The number of nitriles is 1. The predicted octanol–water partition coefficient (Wildman–Crippen LogP) is 5.56. The lowest BCUT2D eigenvalue weighted by Crippen LogP contribution is -2.13. The Bertz CT molecular complexity index is 565. The minimum atomic E-state index is 0.493. The summed E-state index contributed by atoms with van der Waals surface area (Å²) in [4.78, 5) is 0. The molecule has 2 rings (SSSR count). The number of rotatable bonds is 3. The van der Waals surface area contributed by atoms with Crippen molar-refractivity contribution in [2.24, 2.45) is 11.8 Å². The lowest BCUT2D eigenvalue weighted by atomic mass is 9.80. The third-order valence-electron chi connectivity index (χ3n) is 4.32. The van der Waals surface area contributed by atoms with E-state index in [0.29, 0.717) is 16.5 Å². The number of benzene rings is 1. The molecule has 21 heavy (non-hydrogen) atoms. The first-order valence-corrected chi connectivity index (χ1v) is 8.32. The van der Waals surface area contributed by atoms with Crippen LogP contribution in [0.2, 0.25) is 5.02 Å². The van der Waals surface area contributed by atoms with Crippen molar-refractivity contribution in [2.45, 2.75) is 51.9 Å². The maximum Gasteiger partial charge on any atom is 0.101 e. The first-order valence-electron chi connectivity index (χ1n) is 7.94. The van der Waals surface area contributed by atoms with E-state index < -0.39 is 0 Å². The van der Waals surface area contributed by atoms with Crippen LogP contribution in [0, 0.1) is 35.0 Å². The van der Waals surface area contributed by atoms with Gasteiger partial charge in [0.25, 0.3) is 0 Å². The van der Waals surface area contributed by atoms with Crippen molar-refractivity contribution in [2.75, 3.05) is 0 Å². The number of nitrogens with zero attached hydrogens (tertiary/aromatic N) is 1. The third kappa shape index (κ3) is 4.80. The molecule has 0 aromatic heterocycles. The molecule has 1 saturated carbocycles. The highest BCUT2D eigenvalue weighted by atomic mass is 35.5. The van der Waals surface area contributed by atoms with Crippen LogP contribution in [0.3, 0.4) is 0 Å². The Morgan fingerprint density at radius 2 is 2.00 bits per heavy atom. The fraction of sp³-hybridized carbons (Fsp3) is 0.526. The predicted molar refractivity (Wildman–Crippen MR) is 88.0 cm³/mol. The minimum Gasteiger partial charge on any atom is -0.192 e. The fourth-order valence-electron chi connectivity index (χ4n) is 2.96. The van der Waals surface area contributed by atoms with Crippen molar-refractivity contribution in [1.29, 1.82) is 5.26 Å². The van der Waals surface area contributed by atoms with Crippen LogP contribution < -0.4 is 0 Å². The molecule has 0 unspecified atom stereocenters. The third-order valence-corrected chi connectivity index (χ3v) is 4.64. The van der Waals surface area contributed by atoms with Crippen molar-refractivity contribution in [1.82, 2.24) is 0 Å². The van der Waals surface area contributed by atoms with Crippen LogP contribution in [0.15, 0.2) is 18.2 Å². The Kier molecular flexibility index (Phi) is 6.16. The van der Waals surface area contributed by atoms with Crippen LogP contribution in [0.25, 0.3) is 0 Å².